The molecule has 3 heteroatoms. The highest BCUT2D eigenvalue weighted by Gasteiger charge is 2.01. The summed E-state index contributed by atoms with van der Waals surface area (Å²) in [7, 11) is 1.96. The molecule has 0 bridgehead atoms. The van der Waals surface area contributed by atoms with Gasteiger partial charge in [-0.25, -0.2) is 0 Å². The Morgan fingerprint density at radius 2 is 2.38 bits per heavy atom. The number of rotatable bonds is 4. The van der Waals surface area contributed by atoms with Crippen LogP contribution in [0.4, 0.5) is 0 Å². The van der Waals surface area contributed by atoms with E-state index in [1.807, 2.05) is 30.9 Å². The number of nitrogens with zero attached hydrogens (tertiary/aromatic N) is 2. The van der Waals surface area contributed by atoms with Crippen LogP contribution in [0, 0.1) is 6.92 Å². The summed E-state index contributed by atoms with van der Waals surface area (Å²) in [5.74, 6) is 0. The van der Waals surface area contributed by atoms with Crippen LogP contribution in [-0.2, 0) is 13.6 Å². The average molecular weight is 179 g/mol. The highest BCUT2D eigenvalue weighted by Crippen LogP contribution is 2.04. The molecule has 0 unspecified atom stereocenters. The topological polar surface area (TPSA) is 29.9 Å². The van der Waals surface area contributed by atoms with E-state index >= 15 is 0 Å². The molecule has 1 aromatic rings. The summed E-state index contributed by atoms with van der Waals surface area (Å²) in [6.45, 7) is 5.92. The molecule has 0 saturated heterocycles. The van der Waals surface area contributed by atoms with Crippen LogP contribution < -0.4 is 5.32 Å². The SMILES string of the molecule is C/C=C/CNCc1cnn(C)c1C. The van der Waals surface area contributed by atoms with Gasteiger partial charge in [-0.3, -0.25) is 4.68 Å². The van der Waals surface area contributed by atoms with Crippen LogP contribution in [0.3, 0.4) is 0 Å². The molecule has 0 atom stereocenters. The zero-order valence-electron chi connectivity index (χ0n) is 8.54. The second-order valence-electron chi connectivity index (χ2n) is 3.08. The molecule has 1 heterocycles. The molecule has 0 amide bonds. The maximum Gasteiger partial charge on any atom is 0.0537 e. The molecule has 1 rings (SSSR count). The molecule has 13 heavy (non-hydrogen) atoms. The predicted molar refractivity (Wildman–Crippen MR) is 54.5 cm³/mol. The first kappa shape index (κ1) is 9.99. The molecule has 0 aliphatic heterocycles. The first-order chi connectivity index (χ1) is 6.25. The van der Waals surface area contributed by atoms with E-state index in [0.29, 0.717) is 0 Å². The lowest BCUT2D eigenvalue weighted by Crippen LogP contribution is -2.13. The van der Waals surface area contributed by atoms with Crippen LogP contribution in [-0.4, -0.2) is 16.3 Å². The first-order valence-corrected chi connectivity index (χ1v) is 4.55. The highest BCUT2D eigenvalue weighted by molar-refractivity contribution is 5.15. The van der Waals surface area contributed by atoms with Crippen molar-refractivity contribution in [2.75, 3.05) is 6.54 Å². The Morgan fingerprint density at radius 1 is 1.62 bits per heavy atom. The maximum absolute atomic E-state index is 4.17. The van der Waals surface area contributed by atoms with Crippen LogP contribution in [0.25, 0.3) is 0 Å². The minimum atomic E-state index is 0.893. The summed E-state index contributed by atoms with van der Waals surface area (Å²) in [5, 5.41) is 7.49. The first-order valence-electron chi connectivity index (χ1n) is 4.55. The lowest BCUT2D eigenvalue weighted by molar-refractivity contribution is 0.724. The van der Waals surface area contributed by atoms with Gasteiger partial charge in [0.05, 0.1) is 6.20 Å². The van der Waals surface area contributed by atoms with E-state index in [1.165, 1.54) is 11.3 Å². The number of allylic oxidation sites excluding steroid dienone is 1. The fourth-order valence-electron chi connectivity index (χ4n) is 1.13. The van der Waals surface area contributed by atoms with Gasteiger partial charge in [0.15, 0.2) is 0 Å². The third kappa shape index (κ3) is 2.70. The van der Waals surface area contributed by atoms with E-state index in [0.717, 1.165) is 13.1 Å². The van der Waals surface area contributed by atoms with Gasteiger partial charge in [-0.2, -0.15) is 5.10 Å². The average Bonchev–Trinajstić information content (AvgIpc) is 2.43. The van der Waals surface area contributed by atoms with E-state index in [2.05, 4.69) is 23.4 Å². The molecule has 0 aromatic carbocycles. The molecular formula is C10H17N3. The standard InChI is InChI=1S/C10H17N3/c1-4-5-6-11-7-10-8-12-13(3)9(10)2/h4-5,8,11H,6-7H2,1-3H3/b5-4+. The maximum atomic E-state index is 4.17. The molecule has 0 aliphatic rings. The molecule has 3 nitrogen and oxygen atoms in total. The Balaban J connectivity index is 2.41. The van der Waals surface area contributed by atoms with E-state index in [-0.39, 0.29) is 0 Å². The Kier molecular flexibility index (Phi) is 3.71. The lowest BCUT2D eigenvalue weighted by Gasteiger charge is -2.00. The van der Waals surface area contributed by atoms with E-state index < -0.39 is 0 Å². The van der Waals surface area contributed by atoms with Crippen molar-refractivity contribution in [1.82, 2.24) is 15.1 Å². The molecule has 0 spiro atoms. The van der Waals surface area contributed by atoms with Crippen molar-refractivity contribution in [3.8, 4) is 0 Å². The fraction of sp³-hybridized carbons (Fsp3) is 0.500. The van der Waals surface area contributed by atoms with Crippen LogP contribution in [0.1, 0.15) is 18.2 Å². The van der Waals surface area contributed by atoms with Crippen LogP contribution in [0.15, 0.2) is 18.3 Å². The zero-order valence-corrected chi connectivity index (χ0v) is 8.54. The normalized spacial score (nSPS) is 11.3. The summed E-state index contributed by atoms with van der Waals surface area (Å²) >= 11 is 0. The molecule has 1 aromatic heterocycles. The van der Waals surface area contributed by atoms with Crippen molar-refractivity contribution < 1.29 is 0 Å². The van der Waals surface area contributed by atoms with Gasteiger partial charge >= 0.3 is 0 Å². The van der Waals surface area contributed by atoms with Crippen molar-refractivity contribution in [1.29, 1.82) is 0 Å². The van der Waals surface area contributed by atoms with E-state index in [1.54, 1.807) is 0 Å². The lowest BCUT2D eigenvalue weighted by atomic mass is 10.2. The highest BCUT2D eigenvalue weighted by atomic mass is 15.3. The number of aromatic nitrogens is 2. The molecule has 0 fully saturated rings. The molecular weight excluding hydrogens is 162 g/mol. The molecule has 1 N–H and O–H groups in total. The smallest absolute Gasteiger partial charge is 0.0537 e. The Hall–Kier alpha value is -1.09. The number of nitrogens with one attached hydrogen (secondary N) is 1. The van der Waals surface area contributed by atoms with E-state index in [9.17, 15) is 0 Å². The van der Waals surface area contributed by atoms with Gasteiger partial charge in [0, 0.05) is 31.4 Å². The summed E-state index contributed by atoms with van der Waals surface area (Å²) in [6.07, 6.45) is 6.06. The van der Waals surface area contributed by atoms with Crippen molar-refractivity contribution in [2.45, 2.75) is 20.4 Å². The van der Waals surface area contributed by atoms with Crippen LogP contribution in [0.2, 0.25) is 0 Å². The summed E-state index contributed by atoms with van der Waals surface area (Å²) in [5.41, 5.74) is 2.50. The second-order valence-corrected chi connectivity index (χ2v) is 3.08. The number of hydrogen-bond acceptors (Lipinski definition) is 2. The number of aryl methyl sites for hydroxylation is 1. The fourth-order valence-corrected chi connectivity index (χ4v) is 1.13. The van der Waals surface area contributed by atoms with Crippen molar-refractivity contribution in [3.63, 3.8) is 0 Å². The number of hydrogen-bond donors (Lipinski definition) is 1. The van der Waals surface area contributed by atoms with Gasteiger partial charge in [0.1, 0.15) is 0 Å². The van der Waals surface area contributed by atoms with E-state index in [4.69, 9.17) is 0 Å². The molecule has 0 saturated carbocycles. The monoisotopic (exact) mass is 179 g/mol. The minimum Gasteiger partial charge on any atom is -0.309 e. The Morgan fingerprint density at radius 3 is 2.92 bits per heavy atom. The molecule has 0 radical (unpaired) electrons. The quantitative estimate of drug-likeness (QED) is 0.559. The van der Waals surface area contributed by atoms with Gasteiger partial charge in [-0.05, 0) is 13.8 Å². The Labute approximate surface area is 79.5 Å². The largest absolute Gasteiger partial charge is 0.309 e. The Bertz CT molecular complexity index is 286. The molecule has 0 aliphatic carbocycles. The van der Waals surface area contributed by atoms with Gasteiger partial charge < -0.3 is 5.32 Å². The van der Waals surface area contributed by atoms with Crippen molar-refractivity contribution >= 4 is 0 Å². The van der Waals surface area contributed by atoms with Gasteiger partial charge in [-0.15, -0.1) is 0 Å². The zero-order chi connectivity index (χ0) is 9.68. The van der Waals surface area contributed by atoms with Crippen LogP contribution in [0.5, 0.6) is 0 Å². The van der Waals surface area contributed by atoms with Crippen LogP contribution >= 0.6 is 0 Å². The second kappa shape index (κ2) is 4.82. The third-order valence-corrected chi connectivity index (χ3v) is 2.15. The molecule has 72 valence electrons. The van der Waals surface area contributed by atoms with Gasteiger partial charge in [0.2, 0.25) is 0 Å². The third-order valence-electron chi connectivity index (χ3n) is 2.15. The summed E-state index contributed by atoms with van der Waals surface area (Å²) < 4.78 is 1.90. The summed E-state index contributed by atoms with van der Waals surface area (Å²) in [6, 6.07) is 0. The van der Waals surface area contributed by atoms with Crippen molar-refractivity contribution in [2.24, 2.45) is 7.05 Å². The predicted octanol–water partition coefficient (Wildman–Crippen LogP) is 1.39. The minimum absolute atomic E-state index is 0.893. The van der Waals surface area contributed by atoms with Crippen molar-refractivity contribution in [3.05, 3.63) is 29.6 Å². The summed E-state index contributed by atoms with van der Waals surface area (Å²) in [4.78, 5) is 0. The van der Waals surface area contributed by atoms with Gasteiger partial charge in [0.25, 0.3) is 0 Å². The van der Waals surface area contributed by atoms with Gasteiger partial charge in [-0.1, -0.05) is 12.2 Å².